The van der Waals surface area contributed by atoms with E-state index >= 15 is 0 Å². The number of aliphatic carboxylic acids is 1. The molecule has 5 heteroatoms. The number of benzene rings is 3. The number of rotatable bonds is 4. The van der Waals surface area contributed by atoms with Crippen molar-refractivity contribution < 1.29 is 19.4 Å². The fourth-order valence-corrected chi connectivity index (χ4v) is 5.37. The van der Waals surface area contributed by atoms with E-state index in [1.807, 2.05) is 58.2 Å². The summed E-state index contributed by atoms with van der Waals surface area (Å²) >= 11 is 0. The van der Waals surface area contributed by atoms with E-state index in [2.05, 4.69) is 30.0 Å². The molecule has 3 aromatic carbocycles. The number of hydrogen-bond acceptors (Lipinski definition) is 4. The van der Waals surface area contributed by atoms with Gasteiger partial charge in [0.15, 0.2) is 6.10 Å². The molecule has 6 rings (SSSR count). The van der Waals surface area contributed by atoms with Gasteiger partial charge >= 0.3 is 5.97 Å². The van der Waals surface area contributed by atoms with Crippen LogP contribution in [-0.4, -0.2) is 28.3 Å². The zero-order chi connectivity index (χ0) is 26.6. The third kappa shape index (κ3) is 4.50. The molecule has 38 heavy (non-hydrogen) atoms. The molecule has 1 aliphatic heterocycles. The van der Waals surface area contributed by atoms with E-state index in [-0.39, 0.29) is 0 Å². The van der Waals surface area contributed by atoms with E-state index in [4.69, 9.17) is 14.5 Å². The second-order valence-electron chi connectivity index (χ2n) is 11.3. The van der Waals surface area contributed by atoms with Gasteiger partial charge in [-0.25, -0.2) is 4.79 Å². The van der Waals surface area contributed by atoms with Gasteiger partial charge in [0, 0.05) is 40.6 Å². The molecule has 0 unspecified atom stereocenters. The lowest BCUT2D eigenvalue weighted by atomic mass is 9.85. The van der Waals surface area contributed by atoms with Gasteiger partial charge in [0.1, 0.15) is 5.75 Å². The Morgan fingerprint density at radius 1 is 1.16 bits per heavy atom. The van der Waals surface area contributed by atoms with Crippen molar-refractivity contribution in [3.8, 4) is 28.7 Å². The van der Waals surface area contributed by atoms with Crippen LogP contribution in [0, 0.1) is 24.7 Å². The summed E-state index contributed by atoms with van der Waals surface area (Å²) in [7, 11) is 0. The highest BCUT2D eigenvalue weighted by molar-refractivity contribution is 6.09. The Labute approximate surface area is 222 Å². The lowest BCUT2D eigenvalue weighted by molar-refractivity contribution is -0.160. The number of hydrogen-bond donors (Lipinski definition) is 1. The predicted octanol–water partition coefficient (Wildman–Crippen LogP) is 7.00. The molecule has 192 valence electrons. The summed E-state index contributed by atoms with van der Waals surface area (Å²) in [6.45, 7) is 8.24. The van der Waals surface area contributed by atoms with Crippen molar-refractivity contribution in [2.24, 2.45) is 5.92 Å². The van der Waals surface area contributed by atoms with Gasteiger partial charge in [-0.15, -0.1) is 0 Å². The zero-order valence-corrected chi connectivity index (χ0v) is 22.2. The van der Waals surface area contributed by atoms with Crippen LogP contribution < -0.4 is 4.74 Å². The molecule has 1 atom stereocenters. The van der Waals surface area contributed by atoms with Crippen molar-refractivity contribution in [1.29, 1.82) is 0 Å². The minimum absolute atomic E-state index is 0.516. The van der Waals surface area contributed by atoms with E-state index in [0.717, 1.165) is 56.1 Å². The van der Waals surface area contributed by atoms with Gasteiger partial charge in [0.05, 0.1) is 17.7 Å². The molecule has 0 spiro atoms. The first-order chi connectivity index (χ1) is 18.2. The highest BCUT2D eigenvalue weighted by Crippen LogP contribution is 2.45. The summed E-state index contributed by atoms with van der Waals surface area (Å²) in [5, 5.41) is 13.4. The van der Waals surface area contributed by atoms with Crippen LogP contribution in [0.3, 0.4) is 0 Å². The van der Waals surface area contributed by atoms with Crippen molar-refractivity contribution in [1.82, 2.24) is 4.98 Å². The number of ether oxygens (including phenoxy) is 2. The number of carbonyl (C=O) groups is 1. The van der Waals surface area contributed by atoms with Crippen LogP contribution >= 0.6 is 0 Å². The summed E-state index contributed by atoms with van der Waals surface area (Å²) in [5.41, 5.74) is 5.52. The summed E-state index contributed by atoms with van der Waals surface area (Å²) < 4.78 is 12.2. The molecule has 1 N–H and O–H groups in total. The number of aromatic nitrogens is 1. The molecule has 1 fully saturated rings. The fraction of sp³-hybridized carbons (Fsp3) is 0.333. The first-order valence-corrected chi connectivity index (χ1v) is 13.2. The summed E-state index contributed by atoms with van der Waals surface area (Å²) in [6.07, 6.45) is 3.86. The molecule has 2 heterocycles. The number of nitrogens with zero attached hydrogens (tertiary/aromatic N) is 1. The monoisotopic (exact) mass is 505 g/mol. The molecular weight excluding hydrogens is 474 g/mol. The molecule has 5 nitrogen and oxygen atoms in total. The molecule has 2 aliphatic rings. The average molecular weight is 506 g/mol. The minimum atomic E-state index is -1.15. The molecule has 1 aromatic heterocycles. The molecule has 0 amide bonds. The molecule has 0 bridgehead atoms. The van der Waals surface area contributed by atoms with Crippen LogP contribution in [0.4, 0.5) is 0 Å². The average Bonchev–Trinajstić information content (AvgIpc) is 3.70. The predicted molar refractivity (Wildman–Crippen MR) is 149 cm³/mol. The first-order valence-electron chi connectivity index (χ1n) is 13.2. The van der Waals surface area contributed by atoms with Crippen LogP contribution in [0.1, 0.15) is 62.0 Å². The Morgan fingerprint density at radius 3 is 2.71 bits per heavy atom. The standard InChI is InChI=1S/C33H31NO4/c1-19-17-23-18-21(8-7-20-5-6-20)9-10-24(23)29(27(19)31(32(35)36)38-33(2,3)4)25-11-12-26-28-22(14-16-37-26)13-15-34-30(25)28/h9-13,15,17-18,20,31H,5-6,14,16H2,1-4H3,(H,35,36)/t31-/m0/s1. The van der Waals surface area contributed by atoms with Gasteiger partial charge in [-0.05, 0) is 98.3 Å². The molecule has 1 saturated carbocycles. The normalized spacial score (nSPS) is 15.6. The summed E-state index contributed by atoms with van der Waals surface area (Å²) in [5.74, 6) is 6.98. The summed E-state index contributed by atoms with van der Waals surface area (Å²) in [4.78, 5) is 17.5. The van der Waals surface area contributed by atoms with Crippen molar-refractivity contribution in [2.45, 2.75) is 58.7 Å². The molecule has 0 radical (unpaired) electrons. The third-order valence-electron chi connectivity index (χ3n) is 7.18. The molecule has 1 aliphatic carbocycles. The molecule has 4 aromatic rings. The maximum atomic E-state index is 12.7. The highest BCUT2D eigenvalue weighted by atomic mass is 16.5. The van der Waals surface area contributed by atoms with Gasteiger partial charge in [-0.2, -0.15) is 0 Å². The van der Waals surface area contributed by atoms with Crippen molar-refractivity contribution in [3.05, 3.63) is 70.9 Å². The van der Waals surface area contributed by atoms with Crippen LogP contribution in [-0.2, 0) is 16.0 Å². The minimum Gasteiger partial charge on any atom is -0.493 e. The zero-order valence-electron chi connectivity index (χ0n) is 22.2. The number of carboxylic acid groups (broad SMARTS) is 1. The quantitative estimate of drug-likeness (QED) is 0.303. The van der Waals surface area contributed by atoms with Gasteiger partial charge < -0.3 is 14.6 Å². The highest BCUT2D eigenvalue weighted by Gasteiger charge is 2.32. The van der Waals surface area contributed by atoms with Crippen LogP contribution in [0.25, 0.3) is 32.8 Å². The Morgan fingerprint density at radius 2 is 1.97 bits per heavy atom. The molecule has 0 saturated heterocycles. The van der Waals surface area contributed by atoms with E-state index in [0.29, 0.717) is 18.1 Å². The van der Waals surface area contributed by atoms with Gasteiger partial charge in [-0.3, -0.25) is 4.98 Å². The number of aryl methyl sites for hydroxylation is 1. The van der Waals surface area contributed by atoms with E-state index < -0.39 is 17.7 Å². The lowest BCUT2D eigenvalue weighted by Crippen LogP contribution is -2.28. The number of pyridine rings is 1. The smallest absolute Gasteiger partial charge is 0.337 e. The van der Waals surface area contributed by atoms with Crippen molar-refractivity contribution in [2.75, 3.05) is 6.61 Å². The fourth-order valence-electron chi connectivity index (χ4n) is 5.37. The Balaban J connectivity index is 1.67. The van der Waals surface area contributed by atoms with E-state index in [1.54, 1.807) is 0 Å². The second kappa shape index (κ2) is 9.15. The van der Waals surface area contributed by atoms with Crippen LogP contribution in [0.15, 0.2) is 48.7 Å². The Hall–Kier alpha value is -3.88. The van der Waals surface area contributed by atoms with Crippen molar-refractivity contribution in [3.63, 3.8) is 0 Å². The topological polar surface area (TPSA) is 68.7 Å². The number of fused-ring (bicyclic) bond motifs is 1. The van der Waals surface area contributed by atoms with Gasteiger partial charge in [-0.1, -0.05) is 24.0 Å². The van der Waals surface area contributed by atoms with Gasteiger partial charge in [0.2, 0.25) is 0 Å². The SMILES string of the molecule is Cc1cc2cc(C#CC3CC3)ccc2c(-c2ccc3c4c(ccnc24)CCO3)c1[C@H](OC(C)(C)C)C(=O)O. The van der Waals surface area contributed by atoms with Gasteiger partial charge in [0.25, 0.3) is 0 Å². The molecular formula is C33H31NO4. The Kier molecular flexibility index (Phi) is 5.89. The second-order valence-corrected chi connectivity index (χ2v) is 11.3. The number of carboxylic acids is 1. The maximum Gasteiger partial charge on any atom is 0.337 e. The maximum absolute atomic E-state index is 12.7. The van der Waals surface area contributed by atoms with Crippen LogP contribution in [0.5, 0.6) is 5.75 Å². The van der Waals surface area contributed by atoms with Crippen LogP contribution in [0.2, 0.25) is 0 Å². The first kappa shape index (κ1) is 24.5. The largest absolute Gasteiger partial charge is 0.493 e. The third-order valence-corrected chi connectivity index (χ3v) is 7.18. The summed E-state index contributed by atoms with van der Waals surface area (Å²) in [6, 6.07) is 14.3. The van der Waals surface area contributed by atoms with E-state index in [9.17, 15) is 9.90 Å². The van der Waals surface area contributed by atoms with Crippen molar-refractivity contribution >= 4 is 27.6 Å². The van der Waals surface area contributed by atoms with E-state index in [1.165, 1.54) is 18.4 Å². The lowest BCUT2D eigenvalue weighted by Gasteiger charge is -2.29. The Bertz CT molecular complexity index is 1650.